The molecule has 140 valence electrons. The molecule has 0 atom stereocenters. The second-order valence-corrected chi connectivity index (χ2v) is 6.22. The molecule has 6 heteroatoms. The highest BCUT2D eigenvalue weighted by Gasteiger charge is 2.17. The average molecular weight is 366 g/mol. The van der Waals surface area contributed by atoms with Crippen LogP contribution in [0.1, 0.15) is 29.4 Å². The Labute approximate surface area is 157 Å². The molecule has 6 nitrogen and oxygen atoms in total. The molecule has 0 unspecified atom stereocenters. The van der Waals surface area contributed by atoms with Crippen molar-refractivity contribution >= 4 is 16.7 Å². The maximum absolute atomic E-state index is 12.5. The molecule has 0 bridgehead atoms. The minimum atomic E-state index is -0.566. The van der Waals surface area contributed by atoms with Crippen LogP contribution in [0.25, 0.3) is 10.8 Å². The maximum atomic E-state index is 12.5. The smallest absolute Gasteiger partial charge is 0.359 e. The number of hydrogen-bond acceptors (Lipinski definition) is 5. The molecule has 0 N–H and O–H groups in total. The van der Waals surface area contributed by atoms with Gasteiger partial charge in [-0.05, 0) is 31.5 Å². The molecule has 0 saturated carbocycles. The normalized spacial score (nSPS) is 10.7. The van der Waals surface area contributed by atoms with Crippen molar-refractivity contribution in [3.05, 3.63) is 70.1 Å². The fraction of sp³-hybridized carbons (Fsp3) is 0.286. The molecule has 2 aromatic carbocycles. The lowest BCUT2D eigenvalue weighted by atomic mass is 10.1. The third kappa shape index (κ3) is 4.34. The van der Waals surface area contributed by atoms with Crippen molar-refractivity contribution in [2.24, 2.45) is 0 Å². The largest absolute Gasteiger partial charge is 0.490 e. The van der Waals surface area contributed by atoms with Gasteiger partial charge in [-0.15, -0.1) is 0 Å². The number of carbonyl (C=O) groups is 1. The van der Waals surface area contributed by atoms with Crippen LogP contribution in [0.15, 0.2) is 53.3 Å². The summed E-state index contributed by atoms with van der Waals surface area (Å²) in [6.45, 7) is 4.72. The zero-order valence-electron chi connectivity index (χ0n) is 15.5. The molecular formula is C21H22N2O4. The number of aryl methyl sites for hydroxylation is 2. The first-order valence-corrected chi connectivity index (χ1v) is 8.96. The van der Waals surface area contributed by atoms with E-state index in [1.165, 1.54) is 4.68 Å². The van der Waals surface area contributed by atoms with Gasteiger partial charge in [0.1, 0.15) is 19.0 Å². The summed E-state index contributed by atoms with van der Waals surface area (Å²) in [7, 11) is 0. The standard InChI is InChI=1S/C21H22N2O4/c1-3-12-23-20(24)18-7-5-4-6-17(18)19(22-23)21(25)27-14-13-26-16-10-8-15(2)9-11-16/h4-11H,3,12-14H2,1-2H3. The van der Waals surface area contributed by atoms with E-state index in [0.29, 0.717) is 17.3 Å². The molecule has 0 aliphatic rings. The SMILES string of the molecule is CCCn1nc(C(=O)OCCOc2ccc(C)cc2)c2ccccc2c1=O. The van der Waals surface area contributed by atoms with Crippen molar-refractivity contribution in [3.8, 4) is 5.75 Å². The van der Waals surface area contributed by atoms with Crippen LogP contribution in [0.5, 0.6) is 5.75 Å². The monoisotopic (exact) mass is 366 g/mol. The topological polar surface area (TPSA) is 70.4 Å². The number of rotatable bonds is 7. The van der Waals surface area contributed by atoms with Crippen molar-refractivity contribution in [2.45, 2.75) is 26.8 Å². The first kappa shape index (κ1) is 18.6. The Kier molecular flexibility index (Phi) is 5.86. The number of ether oxygens (including phenoxy) is 2. The molecule has 3 rings (SSSR count). The van der Waals surface area contributed by atoms with Crippen LogP contribution in [0.4, 0.5) is 0 Å². The highest BCUT2D eigenvalue weighted by Crippen LogP contribution is 2.15. The predicted octanol–water partition coefficient (Wildman–Crippen LogP) is 3.35. The highest BCUT2D eigenvalue weighted by molar-refractivity contribution is 6.02. The number of esters is 1. The zero-order chi connectivity index (χ0) is 19.2. The van der Waals surface area contributed by atoms with E-state index >= 15 is 0 Å². The van der Waals surface area contributed by atoms with Crippen LogP contribution >= 0.6 is 0 Å². The van der Waals surface area contributed by atoms with Gasteiger partial charge in [0.2, 0.25) is 0 Å². The Bertz CT molecular complexity index is 993. The Hall–Kier alpha value is -3.15. The van der Waals surface area contributed by atoms with Crippen LogP contribution in [-0.4, -0.2) is 29.0 Å². The van der Waals surface area contributed by atoms with Crippen LogP contribution in [0, 0.1) is 6.92 Å². The molecule has 0 aliphatic carbocycles. The van der Waals surface area contributed by atoms with Crippen LogP contribution in [0.2, 0.25) is 0 Å². The summed E-state index contributed by atoms with van der Waals surface area (Å²) in [5.74, 6) is 0.153. The maximum Gasteiger partial charge on any atom is 0.359 e. The summed E-state index contributed by atoms with van der Waals surface area (Å²) in [6, 6.07) is 14.6. The number of fused-ring (bicyclic) bond motifs is 1. The van der Waals surface area contributed by atoms with Gasteiger partial charge in [-0.2, -0.15) is 5.10 Å². The molecule has 0 spiro atoms. The van der Waals surface area contributed by atoms with Gasteiger partial charge in [0.15, 0.2) is 5.69 Å². The quantitative estimate of drug-likeness (QED) is 0.474. The molecule has 0 fully saturated rings. The Morgan fingerprint density at radius 2 is 1.74 bits per heavy atom. The van der Waals surface area contributed by atoms with Crippen molar-refractivity contribution < 1.29 is 14.3 Å². The number of aromatic nitrogens is 2. The van der Waals surface area contributed by atoms with E-state index in [1.54, 1.807) is 24.3 Å². The third-order valence-corrected chi connectivity index (χ3v) is 4.10. The molecule has 27 heavy (non-hydrogen) atoms. The van der Waals surface area contributed by atoms with E-state index in [2.05, 4.69) is 5.10 Å². The molecule has 0 saturated heterocycles. The molecule has 0 amide bonds. The predicted molar refractivity (Wildman–Crippen MR) is 103 cm³/mol. The number of benzene rings is 2. The van der Waals surface area contributed by atoms with Crippen molar-refractivity contribution in [3.63, 3.8) is 0 Å². The van der Waals surface area contributed by atoms with Gasteiger partial charge in [-0.25, -0.2) is 9.48 Å². The van der Waals surface area contributed by atoms with E-state index in [-0.39, 0.29) is 24.5 Å². The van der Waals surface area contributed by atoms with Gasteiger partial charge < -0.3 is 9.47 Å². The van der Waals surface area contributed by atoms with Gasteiger partial charge in [0.25, 0.3) is 5.56 Å². The minimum absolute atomic E-state index is 0.0929. The Morgan fingerprint density at radius 1 is 1.04 bits per heavy atom. The molecule has 0 aliphatic heterocycles. The summed E-state index contributed by atoms with van der Waals surface area (Å²) in [6.07, 6.45) is 0.740. The molecule has 1 aromatic heterocycles. The van der Waals surface area contributed by atoms with Gasteiger partial charge in [-0.3, -0.25) is 4.79 Å². The van der Waals surface area contributed by atoms with Gasteiger partial charge >= 0.3 is 5.97 Å². The lowest BCUT2D eigenvalue weighted by Crippen LogP contribution is -2.26. The van der Waals surface area contributed by atoms with E-state index in [1.807, 2.05) is 38.1 Å². The minimum Gasteiger partial charge on any atom is -0.490 e. The number of hydrogen-bond donors (Lipinski definition) is 0. The Balaban J connectivity index is 1.72. The number of nitrogens with zero attached hydrogens (tertiary/aromatic N) is 2. The van der Waals surface area contributed by atoms with Gasteiger partial charge in [-0.1, -0.05) is 42.8 Å². The van der Waals surface area contributed by atoms with E-state index in [9.17, 15) is 9.59 Å². The fourth-order valence-corrected chi connectivity index (χ4v) is 2.75. The van der Waals surface area contributed by atoms with Crippen LogP contribution in [-0.2, 0) is 11.3 Å². The number of carbonyl (C=O) groups excluding carboxylic acids is 1. The summed E-state index contributed by atoms with van der Waals surface area (Å²) in [5, 5.41) is 5.19. The van der Waals surface area contributed by atoms with Crippen LogP contribution < -0.4 is 10.3 Å². The second kappa shape index (κ2) is 8.49. The second-order valence-electron chi connectivity index (χ2n) is 6.22. The van der Waals surface area contributed by atoms with Crippen molar-refractivity contribution in [2.75, 3.05) is 13.2 Å². The summed E-state index contributed by atoms with van der Waals surface area (Å²) < 4.78 is 12.2. The van der Waals surface area contributed by atoms with Crippen molar-refractivity contribution in [1.29, 1.82) is 0 Å². The lowest BCUT2D eigenvalue weighted by Gasteiger charge is -2.11. The van der Waals surface area contributed by atoms with E-state index in [0.717, 1.165) is 17.7 Å². The van der Waals surface area contributed by atoms with E-state index < -0.39 is 5.97 Å². The first-order valence-electron chi connectivity index (χ1n) is 8.96. The van der Waals surface area contributed by atoms with E-state index in [4.69, 9.17) is 9.47 Å². The molecule has 0 radical (unpaired) electrons. The molecule has 3 aromatic rings. The molecular weight excluding hydrogens is 344 g/mol. The zero-order valence-corrected chi connectivity index (χ0v) is 15.5. The Morgan fingerprint density at radius 3 is 2.44 bits per heavy atom. The average Bonchev–Trinajstić information content (AvgIpc) is 2.69. The lowest BCUT2D eigenvalue weighted by molar-refractivity contribution is 0.0443. The third-order valence-electron chi connectivity index (χ3n) is 4.10. The highest BCUT2D eigenvalue weighted by atomic mass is 16.6. The molecule has 1 heterocycles. The van der Waals surface area contributed by atoms with Gasteiger partial charge in [0.05, 0.1) is 5.39 Å². The van der Waals surface area contributed by atoms with Crippen molar-refractivity contribution in [1.82, 2.24) is 9.78 Å². The summed E-state index contributed by atoms with van der Waals surface area (Å²) in [4.78, 5) is 25.0. The fourth-order valence-electron chi connectivity index (χ4n) is 2.75. The first-order chi connectivity index (χ1) is 13.1. The summed E-state index contributed by atoms with van der Waals surface area (Å²) in [5.41, 5.74) is 1.09. The van der Waals surface area contributed by atoms with Gasteiger partial charge in [0, 0.05) is 11.9 Å². The summed E-state index contributed by atoms with van der Waals surface area (Å²) >= 11 is 0. The van der Waals surface area contributed by atoms with Crippen LogP contribution in [0.3, 0.4) is 0 Å².